The SMILES string of the molecule is CCNc1ccc(C(=O)N(C)CC2CCOCC2)c(C)c1. The molecule has 0 unspecified atom stereocenters. The first-order chi connectivity index (χ1) is 10.1. The second-order valence-corrected chi connectivity index (χ2v) is 5.80. The lowest BCUT2D eigenvalue weighted by Crippen LogP contribution is -2.34. The Bertz CT molecular complexity index is 482. The molecule has 116 valence electrons. The number of carbonyl (C=O) groups is 1. The first-order valence-corrected chi connectivity index (χ1v) is 7.79. The summed E-state index contributed by atoms with van der Waals surface area (Å²) >= 11 is 0. The average Bonchev–Trinajstić information content (AvgIpc) is 2.48. The third-order valence-electron chi connectivity index (χ3n) is 4.06. The van der Waals surface area contributed by atoms with Gasteiger partial charge in [0, 0.05) is 44.6 Å². The lowest BCUT2D eigenvalue weighted by molar-refractivity contribution is 0.0497. The van der Waals surface area contributed by atoms with Gasteiger partial charge in [-0.25, -0.2) is 0 Å². The normalized spacial score (nSPS) is 15.8. The molecule has 1 heterocycles. The zero-order chi connectivity index (χ0) is 15.2. The molecule has 1 amide bonds. The van der Waals surface area contributed by atoms with Crippen molar-refractivity contribution in [1.29, 1.82) is 0 Å². The number of nitrogens with zero attached hydrogens (tertiary/aromatic N) is 1. The molecule has 0 saturated carbocycles. The minimum Gasteiger partial charge on any atom is -0.385 e. The van der Waals surface area contributed by atoms with E-state index in [1.165, 1.54) is 0 Å². The minimum atomic E-state index is 0.113. The second kappa shape index (κ2) is 7.46. The summed E-state index contributed by atoms with van der Waals surface area (Å²) in [5.74, 6) is 0.677. The molecule has 4 heteroatoms. The predicted octanol–water partition coefficient (Wildman–Crippen LogP) is 2.93. The number of nitrogens with one attached hydrogen (secondary N) is 1. The van der Waals surface area contributed by atoms with E-state index < -0.39 is 0 Å². The van der Waals surface area contributed by atoms with Crippen molar-refractivity contribution in [2.24, 2.45) is 5.92 Å². The van der Waals surface area contributed by atoms with Gasteiger partial charge in [-0.1, -0.05) is 0 Å². The third-order valence-corrected chi connectivity index (χ3v) is 4.06. The van der Waals surface area contributed by atoms with Crippen LogP contribution in [0.25, 0.3) is 0 Å². The highest BCUT2D eigenvalue weighted by Gasteiger charge is 2.20. The van der Waals surface area contributed by atoms with Crippen LogP contribution in [0.4, 0.5) is 5.69 Å². The van der Waals surface area contributed by atoms with E-state index in [1.54, 1.807) is 0 Å². The lowest BCUT2D eigenvalue weighted by atomic mass is 9.99. The van der Waals surface area contributed by atoms with Gasteiger partial charge in [0.05, 0.1) is 0 Å². The van der Waals surface area contributed by atoms with Gasteiger partial charge < -0.3 is 15.0 Å². The van der Waals surface area contributed by atoms with Crippen molar-refractivity contribution in [3.63, 3.8) is 0 Å². The third kappa shape index (κ3) is 4.21. The van der Waals surface area contributed by atoms with Crippen molar-refractivity contribution < 1.29 is 9.53 Å². The van der Waals surface area contributed by atoms with Gasteiger partial charge in [-0.2, -0.15) is 0 Å². The molecule has 1 aliphatic rings. The molecule has 0 aliphatic carbocycles. The largest absolute Gasteiger partial charge is 0.385 e. The molecule has 1 fully saturated rings. The number of aryl methyl sites for hydroxylation is 1. The number of hydrogen-bond donors (Lipinski definition) is 1. The Morgan fingerprint density at radius 1 is 1.38 bits per heavy atom. The predicted molar refractivity (Wildman–Crippen MR) is 85.8 cm³/mol. The molecule has 4 nitrogen and oxygen atoms in total. The Balaban J connectivity index is 2.01. The number of rotatable bonds is 5. The highest BCUT2D eigenvalue weighted by Crippen LogP contribution is 2.19. The number of ether oxygens (including phenoxy) is 1. The Hall–Kier alpha value is -1.55. The molecule has 1 saturated heterocycles. The Labute approximate surface area is 127 Å². The van der Waals surface area contributed by atoms with Gasteiger partial charge in [-0.05, 0) is 56.4 Å². The Kier molecular flexibility index (Phi) is 5.62. The van der Waals surface area contributed by atoms with Gasteiger partial charge in [0.1, 0.15) is 0 Å². The van der Waals surface area contributed by atoms with Gasteiger partial charge in [-0.3, -0.25) is 4.79 Å². The molecule has 1 aromatic rings. The summed E-state index contributed by atoms with van der Waals surface area (Å²) in [6.45, 7) is 7.41. The summed E-state index contributed by atoms with van der Waals surface area (Å²) in [4.78, 5) is 14.4. The van der Waals surface area contributed by atoms with E-state index in [0.29, 0.717) is 5.92 Å². The van der Waals surface area contributed by atoms with Crippen LogP contribution in [0, 0.1) is 12.8 Å². The fourth-order valence-corrected chi connectivity index (χ4v) is 2.82. The zero-order valence-electron chi connectivity index (χ0n) is 13.3. The van der Waals surface area contributed by atoms with Gasteiger partial charge in [0.25, 0.3) is 5.91 Å². The van der Waals surface area contributed by atoms with Crippen molar-refractivity contribution in [3.05, 3.63) is 29.3 Å². The van der Waals surface area contributed by atoms with E-state index in [9.17, 15) is 4.79 Å². The second-order valence-electron chi connectivity index (χ2n) is 5.80. The van der Waals surface area contributed by atoms with Crippen LogP contribution >= 0.6 is 0 Å². The summed E-state index contributed by atoms with van der Waals surface area (Å²) in [6, 6.07) is 5.95. The van der Waals surface area contributed by atoms with Gasteiger partial charge in [0.15, 0.2) is 0 Å². The maximum absolute atomic E-state index is 12.6. The Morgan fingerprint density at radius 2 is 2.10 bits per heavy atom. The highest BCUT2D eigenvalue weighted by molar-refractivity contribution is 5.95. The summed E-state index contributed by atoms with van der Waals surface area (Å²) in [7, 11) is 1.90. The first kappa shape index (κ1) is 15.8. The van der Waals surface area contributed by atoms with Crippen molar-refractivity contribution in [2.45, 2.75) is 26.7 Å². The van der Waals surface area contributed by atoms with E-state index in [-0.39, 0.29) is 5.91 Å². The molecule has 0 aromatic heterocycles. The van der Waals surface area contributed by atoms with Crippen molar-refractivity contribution >= 4 is 11.6 Å². The van der Waals surface area contributed by atoms with Crippen molar-refractivity contribution in [1.82, 2.24) is 4.90 Å². The van der Waals surface area contributed by atoms with Crippen LogP contribution in [-0.2, 0) is 4.74 Å². The topological polar surface area (TPSA) is 41.6 Å². The molecular formula is C17H26N2O2. The number of benzene rings is 1. The van der Waals surface area contributed by atoms with Gasteiger partial charge in [-0.15, -0.1) is 0 Å². The van der Waals surface area contributed by atoms with E-state index >= 15 is 0 Å². The quantitative estimate of drug-likeness (QED) is 0.906. The highest BCUT2D eigenvalue weighted by atomic mass is 16.5. The number of amides is 1. The fourth-order valence-electron chi connectivity index (χ4n) is 2.82. The molecule has 0 atom stereocenters. The van der Waals surface area contributed by atoms with Crippen LogP contribution in [0.5, 0.6) is 0 Å². The first-order valence-electron chi connectivity index (χ1n) is 7.79. The van der Waals surface area contributed by atoms with Crippen LogP contribution in [0.2, 0.25) is 0 Å². The molecule has 1 aromatic carbocycles. The van der Waals surface area contributed by atoms with Crippen LogP contribution < -0.4 is 5.32 Å². The summed E-state index contributed by atoms with van der Waals surface area (Å²) in [5.41, 5.74) is 2.89. The average molecular weight is 290 g/mol. The molecule has 21 heavy (non-hydrogen) atoms. The van der Waals surface area contributed by atoms with E-state index in [1.807, 2.05) is 37.1 Å². The zero-order valence-corrected chi connectivity index (χ0v) is 13.3. The van der Waals surface area contributed by atoms with Crippen molar-refractivity contribution in [3.8, 4) is 0 Å². The van der Waals surface area contributed by atoms with Gasteiger partial charge >= 0.3 is 0 Å². The van der Waals surface area contributed by atoms with Crippen LogP contribution in [0.1, 0.15) is 35.7 Å². The summed E-state index contributed by atoms with van der Waals surface area (Å²) in [6.07, 6.45) is 2.10. The van der Waals surface area contributed by atoms with E-state index in [4.69, 9.17) is 4.74 Å². The number of anilines is 1. The molecule has 0 radical (unpaired) electrons. The van der Waals surface area contributed by atoms with Gasteiger partial charge in [0.2, 0.25) is 0 Å². The standard InChI is InChI=1S/C17H26N2O2/c1-4-18-15-5-6-16(13(2)11-15)17(20)19(3)12-14-7-9-21-10-8-14/h5-6,11,14,18H,4,7-10,12H2,1-3H3. The number of hydrogen-bond acceptors (Lipinski definition) is 3. The lowest BCUT2D eigenvalue weighted by Gasteiger charge is -2.27. The molecule has 1 aliphatic heterocycles. The van der Waals surface area contributed by atoms with Crippen LogP contribution in [-0.4, -0.2) is 44.2 Å². The summed E-state index contributed by atoms with van der Waals surface area (Å²) < 4.78 is 5.37. The molecule has 0 bridgehead atoms. The van der Waals surface area contributed by atoms with Crippen molar-refractivity contribution in [2.75, 3.05) is 38.7 Å². The smallest absolute Gasteiger partial charge is 0.253 e. The van der Waals surface area contributed by atoms with Crippen LogP contribution in [0.15, 0.2) is 18.2 Å². The molecule has 2 rings (SSSR count). The monoisotopic (exact) mass is 290 g/mol. The minimum absolute atomic E-state index is 0.113. The van der Waals surface area contributed by atoms with Crippen LogP contribution in [0.3, 0.4) is 0 Å². The molecule has 1 N–H and O–H groups in total. The maximum Gasteiger partial charge on any atom is 0.253 e. The van der Waals surface area contributed by atoms with E-state index in [2.05, 4.69) is 12.2 Å². The van der Waals surface area contributed by atoms with E-state index in [0.717, 1.165) is 56.0 Å². The Morgan fingerprint density at radius 3 is 2.71 bits per heavy atom. The number of carbonyl (C=O) groups excluding carboxylic acids is 1. The molecular weight excluding hydrogens is 264 g/mol. The summed E-state index contributed by atoms with van der Waals surface area (Å²) in [5, 5.41) is 3.27. The molecule has 0 spiro atoms. The fraction of sp³-hybridized carbons (Fsp3) is 0.588. The maximum atomic E-state index is 12.6.